The third-order valence-corrected chi connectivity index (χ3v) is 20.3. The second-order valence-corrected chi connectivity index (χ2v) is 24.8. The molecule has 8 heterocycles. The molecule has 0 radical (unpaired) electrons. The van der Waals surface area contributed by atoms with E-state index in [4.69, 9.17) is 18.9 Å². The van der Waals surface area contributed by atoms with Gasteiger partial charge in [0.1, 0.15) is 19.6 Å². The highest BCUT2D eigenvalue weighted by atomic mass is 28.3. The van der Waals surface area contributed by atoms with Gasteiger partial charge in [0.2, 0.25) is 0 Å². The normalized spacial score (nSPS) is 23.4. The predicted molar refractivity (Wildman–Crippen MR) is 262 cm³/mol. The first-order chi connectivity index (χ1) is 33.0. The van der Waals surface area contributed by atoms with Crippen LogP contribution >= 0.6 is 0 Å². The van der Waals surface area contributed by atoms with Gasteiger partial charge < -0.3 is 38.5 Å². The summed E-state index contributed by atoms with van der Waals surface area (Å²) in [6.07, 6.45) is 2.36. The van der Waals surface area contributed by atoms with Crippen LogP contribution in [0.3, 0.4) is 0 Å². The zero-order chi connectivity index (χ0) is 45.8. The molecule has 0 aromatic heterocycles. The summed E-state index contributed by atoms with van der Waals surface area (Å²) in [5, 5.41) is 2.68. The molecule has 4 fully saturated rings. The van der Waals surface area contributed by atoms with E-state index in [9.17, 15) is 14.4 Å². The molecule has 1 unspecified atom stereocenters. The average Bonchev–Trinajstić information content (AvgIpc) is 3.74. The number of anilines is 4. The average molecular weight is 919 g/mol. The molecule has 14 rings (SSSR count). The third-order valence-electron chi connectivity index (χ3n) is 16.7. The lowest BCUT2D eigenvalue weighted by atomic mass is 9.76. The number of methoxy groups -OCH3 is 1. The summed E-state index contributed by atoms with van der Waals surface area (Å²) < 4.78 is 25.0. The lowest BCUT2D eigenvalue weighted by molar-refractivity contribution is 0.0221. The fraction of sp³-hybridized carbons (Fsp3) is 0.304. The molecule has 4 saturated heterocycles. The van der Waals surface area contributed by atoms with Gasteiger partial charge in [0, 0.05) is 132 Å². The van der Waals surface area contributed by atoms with Crippen LogP contribution in [0.5, 0.6) is 11.5 Å². The number of nitrogens with zero attached hydrogens (tertiary/aromatic N) is 4. The summed E-state index contributed by atoms with van der Waals surface area (Å²) >= 11 is 0. The van der Waals surface area contributed by atoms with Crippen molar-refractivity contribution in [3.05, 3.63) is 165 Å². The molecule has 0 bridgehead atoms. The number of rotatable bonds is 6. The first-order valence-electron chi connectivity index (χ1n) is 24.1. The van der Waals surface area contributed by atoms with Crippen LogP contribution in [0, 0.1) is 11.8 Å². The Bertz CT molecular complexity index is 3220. The number of carbonyl (C=O) groups is 3. The number of esters is 3. The van der Waals surface area contributed by atoms with Crippen molar-refractivity contribution in [2.24, 2.45) is 11.8 Å². The van der Waals surface area contributed by atoms with Crippen molar-refractivity contribution in [2.75, 3.05) is 79.1 Å². The molecule has 340 valence electrons. The maximum atomic E-state index is 13.7. The molecular formula is C56H50N4O7Si. The Morgan fingerprint density at radius 1 is 0.544 bits per heavy atom. The number of carbonyl (C=O) groups excluding carboxylic acids is 3. The van der Waals surface area contributed by atoms with E-state index in [0.29, 0.717) is 45.6 Å². The van der Waals surface area contributed by atoms with Crippen molar-refractivity contribution >= 4 is 59.1 Å². The van der Waals surface area contributed by atoms with Gasteiger partial charge in [-0.15, -0.1) is 0 Å². The Labute approximate surface area is 395 Å². The van der Waals surface area contributed by atoms with Crippen molar-refractivity contribution in [1.82, 2.24) is 0 Å². The first kappa shape index (κ1) is 40.1. The summed E-state index contributed by atoms with van der Waals surface area (Å²) in [6, 6.07) is 39.2. The second kappa shape index (κ2) is 14.0. The van der Waals surface area contributed by atoms with E-state index in [0.717, 1.165) is 98.0 Å². The van der Waals surface area contributed by atoms with E-state index in [1.165, 1.54) is 35.3 Å². The van der Waals surface area contributed by atoms with Gasteiger partial charge in [-0.05, 0) is 96.0 Å². The van der Waals surface area contributed by atoms with E-state index in [2.05, 4.69) is 99.4 Å². The number of ether oxygens (including phenoxy) is 4. The Hall–Kier alpha value is -7.05. The fourth-order valence-electron chi connectivity index (χ4n) is 12.5. The first-order valence-corrected chi connectivity index (χ1v) is 27.1. The molecule has 0 saturated carbocycles. The zero-order valence-electron chi connectivity index (χ0n) is 38.3. The fourth-order valence-corrected chi connectivity index (χ4v) is 15.7. The number of benzene rings is 6. The van der Waals surface area contributed by atoms with Gasteiger partial charge in [-0.25, -0.2) is 14.4 Å². The van der Waals surface area contributed by atoms with Crippen molar-refractivity contribution in [2.45, 2.75) is 37.1 Å². The molecule has 12 heteroatoms. The summed E-state index contributed by atoms with van der Waals surface area (Å²) in [5.41, 5.74) is 9.00. The SMILES string of the molecule is COC(=O)c1ccc2c(c1)C1(OC2=O)c2ccc(N3CCC3)cc2Oc2cc(N3CC(C4CN(c5ccc6c(c5)[Si](C)(C)c5cc(N7CCC7)ccc5[C@@]65OC(=O)c6ccccc65)C4)C3)ccc21. The summed E-state index contributed by atoms with van der Waals surface area (Å²) in [7, 11) is -0.908. The van der Waals surface area contributed by atoms with Gasteiger partial charge >= 0.3 is 17.9 Å². The topological polar surface area (TPSA) is 101 Å². The largest absolute Gasteiger partial charge is 0.465 e. The van der Waals surface area contributed by atoms with Gasteiger partial charge in [0.05, 0.1) is 23.8 Å². The van der Waals surface area contributed by atoms with E-state index in [1.807, 2.05) is 30.3 Å². The van der Waals surface area contributed by atoms with E-state index < -0.39 is 31.2 Å². The van der Waals surface area contributed by atoms with Gasteiger partial charge in [-0.1, -0.05) is 43.4 Å². The molecule has 2 spiro atoms. The molecule has 8 aliphatic rings. The molecule has 2 atom stereocenters. The van der Waals surface area contributed by atoms with Gasteiger partial charge in [0.25, 0.3) is 0 Å². The minimum atomic E-state index is -2.27. The van der Waals surface area contributed by atoms with Crippen molar-refractivity contribution in [1.29, 1.82) is 0 Å². The van der Waals surface area contributed by atoms with Crippen LogP contribution in [0.2, 0.25) is 13.1 Å². The van der Waals surface area contributed by atoms with Crippen molar-refractivity contribution in [3.8, 4) is 11.5 Å². The van der Waals surface area contributed by atoms with Crippen molar-refractivity contribution in [3.63, 3.8) is 0 Å². The standard InChI is InChI=1S/C56H50N4O7Si/c1-64-52(61)33-10-15-41-47(24-33)56(67-54(41)63)43-16-11-36(57-20-6-21-57)25-48(43)65-49-26-37(12-17-44(49)56)59-29-34(30-59)35-31-60(32-35)39-14-19-46-51(28-39)68(2,3)50-27-38(58-22-7-23-58)13-18-45(50)55(46)42-9-5-4-8-40(42)53(62)66-55/h4-5,8-19,24-28,34-35H,6-7,20-23,29-32H2,1-3H3/t55-,56?/m1/s1. The van der Waals surface area contributed by atoms with Gasteiger partial charge in [0.15, 0.2) is 11.2 Å². The minimum Gasteiger partial charge on any atom is -0.465 e. The molecule has 6 aromatic carbocycles. The van der Waals surface area contributed by atoms with E-state index in [1.54, 1.807) is 18.2 Å². The third kappa shape index (κ3) is 5.32. The monoisotopic (exact) mass is 918 g/mol. The maximum Gasteiger partial charge on any atom is 0.340 e. The molecule has 0 aliphatic carbocycles. The van der Waals surface area contributed by atoms with Crippen LogP contribution in [-0.4, -0.2) is 85.4 Å². The van der Waals surface area contributed by atoms with E-state index >= 15 is 0 Å². The summed E-state index contributed by atoms with van der Waals surface area (Å²) in [6.45, 7) is 12.9. The molecular weight excluding hydrogens is 869 g/mol. The Morgan fingerprint density at radius 3 is 1.54 bits per heavy atom. The summed E-state index contributed by atoms with van der Waals surface area (Å²) in [5.74, 6) is 1.19. The van der Waals surface area contributed by atoms with Gasteiger partial charge in [-0.3, -0.25) is 0 Å². The minimum absolute atomic E-state index is 0.260. The number of fused-ring (bicyclic) bond motifs is 12. The van der Waals surface area contributed by atoms with Gasteiger partial charge in [-0.2, -0.15) is 0 Å². The molecule has 11 nitrogen and oxygen atoms in total. The highest BCUT2D eigenvalue weighted by Gasteiger charge is 2.57. The van der Waals surface area contributed by atoms with Crippen LogP contribution in [0.1, 0.15) is 77.3 Å². The van der Waals surface area contributed by atoms with Crippen LogP contribution in [0.15, 0.2) is 115 Å². The highest BCUT2D eigenvalue weighted by molar-refractivity contribution is 7.01. The quantitative estimate of drug-likeness (QED) is 0.0937. The Morgan fingerprint density at radius 2 is 1.01 bits per heavy atom. The van der Waals surface area contributed by atoms with Crippen molar-refractivity contribution < 1.29 is 33.3 Å². The van der Waals surface area contributed by atoms with Crippen LogP contribution < -0.4 is 34.7 Å². The van der Waals surface area contributed by atoms with Crippen LogP contribution in [-0.2, 0) is 25.4 Å². The van der Waals surface area contributed by atoms with Crippen LogP contribution in [0.4, 0.5) is 22.7 Å². The highest BCUT2D eigenvalue weighted by Crippen LogP contribution is 2.58. The zero-order valence-corrected chi connectivity index (χ0v) is 39.3. The Balaban J connectivity index is 0.737. The molecule has 8 aliphatic heterocycles. The lowest BCUT2D eigenvalue weighted by Gasteiger charge is -2.52. The maximum absolute atomic E-state index is 13.7. The molecule has 6 aromatic rings. The predicted octanol–water partition coefficient (Wildman–Crippen LogP) is 7.63. The van der Waals surface area contributed by atoms with E-state index in [-0.39, 0.29) is 5.97 Å². The molecule has 0 amide bonds. The number of hydrogen-bond donors (Lipinski definition) is 0. The molecule has 0 N–H and O–H groups in total. The smallest absolute Gasteiger partial charge is 0.340 e. The summed E-state index contributed by atoms with van der Waals surface area (Å²) in [4.78, 5) is 49.8. The second-order valence-electron chi connectivity index (χ2n) is 20.5. The number of hydrogen-bond acceptors (Lipinski definition) is 11. The molecule has 68 heavy (non-hydrogen) atoms. The Kier molecular flexibility index (Phi) is 8.25. The lowest BCUT2D eigenvalue weighted by Crippen LogP contribution is -2.64. The van der Waals surface area contributed by atoms with Crippen LogP contribution in [0.25, 0.3) is 0 Å².